The van der Waals surface area contributed by atoms with Crippen LogP contribution in [-0.2, 0) is 0 Å². The number of nitrogens with one attached hydrogen (secondary N) is 1. The Labute approximate surface area is 265 Å². The fourth-order valence-corrected chi connectivity index (χ4v) is 9.48. The van der Waals surface area contributed by atoms with Crippen LogP contribution in [0, 0.1) is 0 Å². The van der Waals surface area contributed by atoms with Crippen LogP contribution in [0.5, 0.6) is 0 Å². The van der Waals surface area contributed by atoms with Crippen molar-refractivity contribution in [3.63, 3.8) is 0 Å². The smallest absolute Gasteiger partial charge is 0.338 e. The van der Waals surface area contributed by atoms with Crippen LogP contribution in [0.15, 0.2) is 165 Å². The van der Waals surface area contributed by atoms with E-state index in [1.807, 2.05) is 12.1 Å². The van der Waals surface area contributed by atoms with E-state index in [4.69, 9.17) is 9.16 Å². The summed E-state index contributed by atoms with van der Waals surface area (Å²) in [6, 6.07) is 39.6. The van der Waals surface area contributed by atoms with E-state index in [0.717, 1.165) is 47.5 Å². The lowest BCUT2D eigenvalue weighted by Crippen LogP contribution is -2.25. The fraction of sp³-hybridized carbons (Fsp3) is 0.154. The number of allylic oxidation sites excluding steroid dienone is 4. The van der Waals surface area contributed by atoms with Crippen LogP contribution in [0.3, 0.4) is 0 Å². The van der Waals surface area contributed by atoms with Crippen molar-refractivity contribution in [2.75, 3.05) is 29.9 Å². The second-order valence-corrected chi connectivity index (χ2v) is 13.9. The second kappa shape index (κ2) is 13.8. The monoisotopic (exact) mass is 611 g/mol. The Morgan fingerprint density at radius 3 is 1.98 bits per heavy atom. The van der Waals surface area contributed by atoms with Gasteiger partial charge in [0.05, 0.1) is 18.4 Å². The number of benzene rings is 4. The van der Waals surface area contributed by atoms with Gasteiger partial charge in [0, 0.05) is 58.8 Å². The zero-order chi connectivity index (χ0) is 31.1. The molecule has 1 heterocycles. The van der Waals surface area contributed by atoms with Crippen molar-refractivity contribution < 1.29 is 4.42 Å². The summed E-state index contributed by atoms with van der Waals surface area (Å²) in [5, 5.41) is 8.04. The highest BCUT2D eigenvalue weighted by atomic mass is 31.2. The third-order valence-corrected chi connectivity index (χ3v) is 11.8. The minimum atomic E-state index is -2.46. The van der Waals surface area contributed by atoms with Crippen molar-refractivity contribution in [2.45, 2.75) is 20.3 Å². The Kier molecular flexibility index (Phi) is 9.28. The van der Waals surface area contributed by atoms with E-state index >= 15 is 0 Å². The lowest BCUT2D eigenvalue weighted by Gasteiger charge is -2.28. The molecule has 1 aliphatic rings. The van der Waals surface area contributed by atoms with Crippen molar-refractivity contribution >= 4 is 45.3 Å². The first-order chi connectivity index (χ1) is 22.1. The molecule has 6 heteroatoms. The maximum Gasteiger partial charge on any atom is 0.338 e. The van der Waals surface area contributed by atoms with Crippen molar-refractivity contribution in [3.8, 4) is 0 Å². The summed E-state index contributed by atoms with van der Waals surface area (Å²) >= 11 is 0. The number of hydrogen-bond donors (Lipinski definition) is 1. The summed E-state index contributed by atoms with van der Waals surface area (Å²) < 4.78 is 11.4. The number of hydrogen-bond acceptors (Lipinski definition) is 5. The summed E-state index contributed by atoms with van der Waals surface area (Å²) in [4.78, 5) is 14.9. The van der Waals surface area contributed by atoms with Gasteiger partial charge in [-0.1, -0.05) is 109 Å². The molecule has 4 aromatic carbocycles. The SMILES string of the molecule is CCN(CC)c1ccc2c(NCC3=CCC=CC=C3N=P(c3ccccc3)(c3ccccc3)c3ccccc3)cc(=O)oc2c1. The Bertz CT molecular complexity index is 1870. The number of anilines is 2. The van der Waals surface area contributed by atoms with Crippen molar-refractivity contribution in [3.05, 3.63) is 161 Å². The molecule has 0 atom stereocenters. The third-order valence-electron chi connectivity index (χ3n) is 8.19. The van der Waals surface area contributed by atoms with Crippen LogP contribution in [0.25, 0.3) is 11.0 Å². The minimum Gasteiger partial charge on any atom is -0.423 e. The summed E-state index contributed by atoms with van der Waals surface area (Å²) in [5.41, 5.74) is 4.00. The van der Waals surface area contributed by atoms with E-state index in [-0.39, 0.29) is 5.63 Å². The first-order valence-corrected chi connectivity index (χ1v) is 17.3. The lowest BCUT2D eigenvalue weighted by atomic mass is 10.1. The second-order valence-electron chi connectivity index (χ2n) is 10.9. The Morgan fingerprint density at radius 1 is 0.800 bits per heavy atom. The van der Waals surface area contributed by atoms with Gasteiger partial charge in [-0.3, -0.25) is 4.74 Å². The summed E-state index contributed by atoms with van der Waals surface area (Å²) in [5.74, 6) is 0. The molecule has 0 saturated heterocycles. The van der Waals surface area contributed by atoms with Gasteiger partial charge in [0.15, 0.2) is 0 Å². The highest BCUT2D eigenvalue weighted by molar-refractivity contribution is 7.87. The van der Waals surface area contributed by atoms with Gasteiger partial charge >= 0.3 is 5.63 Å². The average molecular weight is 612 g/mol. The van der Waals surface area contributed by atoms with E-state index < -0.39 is 7.05 Å². The molecule has 226 valence electrons. The van der Waals surface area contributed by atoms with Gasteiger partial charge in [-0.05, 0) is 44.1 Å². The van der Waals surface area contributed by atoms with Gasteiger partial charge in [-0.15, -0.1) is 0 Å². The van der Waals surface area contributed by atoms with Crippen molar-refractivity contribution in [2.24, 2.45) is 4.74 Å². The molecule has 1 aromatic heterocycles. The molecule has 0 amide bonds. The molecule has 0 fully saturated rings. The van der Waals surface area contributed by atoms with Crippen LogP contribution in [0.2, 0.25) is 0 Å². The predicted molar refractivity (Wildman–Crippen MR) is 192 cm³/mol. The van der Waals surface area contributed by atoms with E-state index in [0.29, 0.717) is 12.1 Å². The molecule has 6 rings (SSSR count). The van der Waals surface area contributed by atoms with Crippen molar-refractivity contribution in [1.82, 2.24) is 0 Å². The molecule has 0 saturated carbocycles. The molecular formula is C39H38N3O2P. The van der Waals surface area contributed by atoms with E-state index in [2.05, 4.69) is 145 Å². The maximum atomic E-state index is 12.7. The third kappa shape index (κ3) is 6.36. The zero-order valence-electron chi connectivity index (χ0n) is 25.8. The van der Waals surface area contributed by atoms with E-state index in [1.165, 1.54) is 15.9 Å². The molecule has 1 aliphatic carbocycles. The van der Waals surface area contributed by atoms with Crippen LogP contribution < -0.4 is 31.8 Å². The molecule has 0 aliphatic heterocycles. The normalized spacial score (nSPS) is 13.1. The van der Waals surface area contributed by atoms with E-state index in [1.54, 1.807) is 6.07 Å². The largest absolute Gasteiger partial charge is 0.423 e. The van der Waals surface area contributed by atoms with Crippen LogP contribution >= 0.6 is 7.05 Å². The van der Waals surface area contributed by atoms with Gasteiger partial charge in [-0.2, -0.15) is 0 Å². The zero-order valence-corrected chi connectivity index (χ0v) is 26.7. The first-order valence-electron chi connectivity index (χ1n) is 15.5. The molecule has 45 heavy (non-hydrogen) atoms. The van der Waals surface area contributed by atoms with Crippen LogP contribution in [0.4, 0.5) is 11.4 Å². The topological polar surface area (TPSA) is 57.8 Å². The Balaban J connectivity index is 1.45. The standard InChI is InChI=1S/C39H38N3O2P/c1-3-42(4-2)31-25-26-35-37(28-39(43)44-38(35)27-31)40-29-30-17-9-5-16-24-36(30)41-45(32-18-10-6-11-19-32,33-20-12-7-13-21-33)34-22-14-8-15-23-34/h5-8,10-28,40H,3-4,9,29H2,1-2H3. The van der Waals surface area contributed by atoms with Gasteiger partial charge < -0.3 is 14.6 Å². The number of rotatable bonds is 10. The Hall–Kier alpha value is -4.86. The highest BCUT2D eigenvalue weighted by Crippen LogP contribution is 2.48. The average Bonchev–Trinajstić information content (AvgIpc) is 3.32. The highest BCUT2D eigenvalue weighted by Gasteiger charge is 2.28. The predicted octanol–water partition coefficient (Wildman–Crippen LogP) is 8.00. The maximum absolute atomic E-state index is 12.7. The summed E-state index contributed by atoms with van der Waals surface area (Å²) in [6.45, 7) is 6.51. The van der Waals surface area contributed by atoms with Gasteiger partial charge in [0.25, 0.3) is 0 Å². The van der Waals surface area contributed by atoms with Gasteiger partial charge in [0.2, 0.25) is 0 Å². The first kappa shape index (κ1) is 30.2. The van der Waals surface area contributed by atoms with Gasteiger partial charge in [-0.25, -0.2) is 4.79 Å². The van der Waals surface area contributed by atoms with Crippen molar-refractivity contribution in [1.29, 1.82) is 0 Å². The van der Waals surface area contributed by atoms with Gasteiger partial charge in [0.1, 0.15) is 5.58 Å². The molecule has 1 N–H and O–H groups in total. The Morgan fingerprint density at radius 2 is 1.40 bits per heavy atom. The van der Waals surface area contributed by atoms with Crippen LogP contribution in [-0.4, -0.2) is 19.6 Å². The quantitative estimate of drug-likeness (QED) is 0.128. The van der Waals surface area contributed by atoms with Crippen LogP contribution in [0.1, 0.15) is 20.3 Å². The molecule has 0 spiro atoms. The minimum absolute atomic E-state index is 0.374. The molecule has 0 unspecified atom stereocenters. The molecule has 0 radical (unpaired) electrons. The fourth-order valence-electron chi connectivity index (χ4n) is 5.91. The molecule has 5 nitrogen and oxygen atoms in total. The molecular weight excluding hydrogens is 573 g/mol. The molecule has 0 bridgehead atoms. The number of fused-ring (bicyclic) bond motifs is 1. The lowest BCUT2D eigenvalue weighted by molar-refractivity contribution is 0.561. The molecule has 5 aromatic rings. The number of nitrogens with zero attached hydrogens (tertiary/aromatic N) is 2. The van der Waals surface area contributed by atoms with E-state index in [9.17, 15) is 4.79 Å². The summed E-state index contributed by atoms with van der Waals surface area (Å²) in [6.07, 6.45) is 9.40. The summed E-state index contributed by atoms with van der Waals surface area (Å²) in [7, 11) is -2.46.